The standard InChI is InChI=1S/C15H9BrClNOS/c16-11-5-6-13(10-4-2-1-3-9(10)11)18-15(19)14-12(17)7-8-20-14/h1-8H,(H,18,19). The lowest BCUT2D eigenvalue weighted by atomic mass is 10.1. The number of carbonyl (C=O) groups excluding carboxylic acids is 1. The molecule has 100 valence electrons. The quantitative estimate of drug-likeness (QED) is 0.631. The lowest BCUT2D eigenvalue weighted by Gasteiger charge is -2.09. The zero-order chi connectivity index (χ0) is 14.1. The van der Waals surface area contributed by atoms with E-state index in [9.17, 15) is 4.79 Å². The molecule has 0 saturated carbocycles. The van der Waals surface area contributed by atoms with E-state index < -0.39 is 0 Å². The molecule has 20 heavy (non-hydrogen) atoms. The first-order valence-electron chi connectivity index (χ1n) is 5.88. The van der Waals surface area contributed by atoms with Gasteiger partial charge in [-0.15, -0.1) is 11.3 Å². The average molecular weight is 367 g/mol. The van der Waals surface area contributed by atoms with E-state index in [0.717, 1.165) is 20.9 Å². The van der Waals surface area contributed by atoms with Crippen molar-refractivity contribution in [1.82, 2.24) is 0 Å². The number of nitrogens with one attached hydrogen (secondary N) is 1. The molecular formula is C15H9BrClNOS. The van der Waals surface area contributed by atoms with Gasteiger partial charge in [-0.1, -0.05) is 51.8 Å². The average Bonchev–Trinajstić information content (AvgIpc) is 2.88. The minimum atomic E-state index is -0.183. The third-order valence-electron chi connectivity index (χ3n) is 2.94. The molecule has 0 bridgehead atoms. The van der Waals surface area contributed by atoms with Crippen LogP contribution in [-0.2, 0) is 0 Å². The Hall–Kier alpha value is -1.36. The van der Waals surface area contributed by atoms with E-state index in [-0.39, 0.29) is 5.91 Å². The van der Waals surface area contributed by atoms with Crippen LogP contribution in [0.25, 0.3) is 10.8 Å². The maximum absolute atomic E-state index is 12.2. The molecule has 0 saturated heterocycles. The maximum atomic E-state index is 12.2. The van der Waals surface area contributed by atoms with Gasteiger partial charge in [0.1, 0.15) is 4.88 Å². The molecular weight excluding hydrogens is 358 g/mol. The van der Waals surface area contributed by atoms with Gasteiger partial charge < -0.3 is 5.32 Å². The summed E-state index contributed by atoms with van der Waals surface area (Å²) in [5.74, 6) is -0.183. The lowest BCUT2D eigenvalue weighted by molar-refractivity contribution is 0.103. The Kier molecular flexibility index (Phi) is 3.78. The molecule has 0 radical (unpaired) electrons. The summed E-state index contributed by atoms with van der Waals surface area (Å²) in [5.41, 5.74) is 0.776. The summed E-state index contributed by atoms with van der Waals surface area (Å²) in [6.07, 6.45) is 0. The molecule has 1 amide bonds. The summed E-state index contributed by atoms with van der Waals surface area (Å²) in [7, 11) is 0. The molecule has 0 aliphatic rings. The Bertz CT molecular complexity index is 799. The SMILES string of the molecule is O=C(Nc1ccc(Br)c2ccccc12)c1sccc1Cl. The van der Waals surface area contributed by atoms with E-state index in [2.05, 4.69) is 21.2 Å². The van der Waals surface area contributed by atoms with Crippen LogP contribution in [0.3, 0.4) is 0 Å². The fourth-order valence-corrected chi connectivity index (χ4v) is 3.52. The highest BCUT2D eigenvalue weighted by atomic mass is 79.9. The van der Waals surface area contributed by atoms with Crippen molar-refractivity contribution in [3.05, 3.63) is 62.2 Å². The van der Waals surface area contributed by atoms with Crippen molar-refractivity contribution in [2.24, 2.45) is 0 Å². The van der Waals surface area contributed by atoms with Crippen LogP contribution >= 0.6 is 38.9 Å². The van der Waals surface area contributed by atoms with Gasteiger partial charge in [-0.2, -0.15) is 0 Å². The van der Waals surface area contributed by atoms with E-state index in [1.807, 2.05) is 36.4 Å². The first-order valence-corrected chi connectivity index (χ1v) is 7.93. The van der Waals surface area contributed by atoms with Crippen LogP contribution in [0.5, 0.6) is 0 Å². The monoisotopic (exact) mass is 365 g/mol. The molecule has 0 aliphatic carbocycles. The van der Waals surface area contributed by atoms with E-state index >= 15 is 0 Å². The Balaban J connectivity index is 2.02. The summed E-state index contributed by atoms with van der Waals surface area (Å²) in [6, 6.07) is 13.4. The number of halogens is 2. The molecule has 0 aliphatic heterocycles. The Morgan fingerprint density at radius 2 is 1.85 bits per heavy atom. The Labute approximate surface area is 133 Å². The number of anilines is 1. The summed E-state index contributed by atoms with van der Waals surface area (Å²) in [6.45, 7) is 0. The number of hydrogen-bond donors (Lipinski definition) is 1. The molecule has 1 aromatic heterocycles. The van der Waals surface area contributed by atoms with E-state index in [0.29, 0.717) is 9.90 Å². The maximum Gasteiger partial charge on any atom is 0.267 e. The summed E-state index contributed by atoms with van der Waals surface area (Å²) >= 11 is 10.8. The Morgan fingerprint density at radius 3 is 2.55 bits per heavy atom. The smallest absolute Gasteiger partial charge is 0.267 e. The molecule has 2 aromatic carbocycles. The second-order valence-corrected chi connectivity index (χ2v) is 6.37. The Morgan fingerprint density at radius 1 is 1.10 bits per heavy atom. The predicted octanol–water partition coefficient (Wildman–Crippen LogP) is 5.57. The normalized spacial score (nSPS) is 10.7. The highest BCUT2D eigenvalue weighted by Crippen LogP contribution is 2.31. The van der Waals surface area contributed by atoms with Crippen molar-refractivity contribution in [2.45, 2.75) is 0 Å². The number of hydrogen-bond acceptors (Lipinski definition) is 2. The molecule has 0 unspecified atom stereocenters. The predicted molar refractivity (Wildman–Crippen MR) is 88.9 cm³/mol. The molecule has 0 atom stereocenters. The summed E-state index contributed by atoms with van der Waals surface area (Å²) in [4.78, 5) is 12.8. The van der Waals surface area contributed by atoms with Gasteiger partial charge in [-0.3, -0.25) is 4.79 Å². The molecule has 1 N–H and O–H groups in total. The second-order valence-electron chi connectivity index (χ2n) is 4.19. The van der Waals surface area contributed by atoms with Gasteiger partial charge in [-0.05, 0) is 29.0 Å². The van der Waals surface area contributed by atoms with E-state index in [4.69, 9.17) is 11.6 Å². The van der Waals surface area contributed by atoms with Crippen LogP contribution in [0.15, 0.2) is 52.3 Å². The fourth-order valence-electron chi connectivity index (χ4n) is 2.01. The van der Waals surface area contributed by atoms with Crippen LogP contribution in [0.2, 0.25) is 5.02 Å². The first kappa shape index (κ1) is 13.6. The van der Waals surface area contributed by atoms with Crippen LogP contribution in [-0.4, -0.2) is 5.91 Å². The number of amides is 1. The van der Waals surface area contributed by atoms with Gasteiger partial charge >= 0.3 is 0 Å². The number of carbonyl (C=O) groups is 1. The third kappa shape index (κ3) is 2.46. The molecule has 0 spiro atoms. The van der Waals surface area contributed by atoms with Crippen molar-refractivity contribution in [2.75, 3.05) is 5.32 Å². The minimum absolute atomic E-state index is 0.183. The van der Waals surface area contributed by atoms with Crippen LogP contribution in [0, 0.1) is 0 Å². The van der Waals surface area contributed by atoms with Gasteiger partial charge in [0.25, 0.3) is 5.91 Å². The van der Waals surface area contributed by atoms with E-state index in [1.54, 1.807) is 11.4 Å². The molecule has 0 fully saturated rings. The number of benzene rings is 2. The molecule has 5 heteroatoms. The highest BCUT2D eigenvalue weighted by molar-refractivity contribution is 9.10. The van der Waals surface area contributed by atoms with E-state index in [1.165, 1.54) is 11.3 Å². The van der Waals surface area contributed by atoms with Gasteiger partial charge in [-0.25, -0.2) is 0 Å². The lowest BCUT2D eigenvalue weighted by Crippen LogP contribution is -2.10. The second kappa shape index (κ2) is 5.56. The van der Waals surface area contributed by atoms with Crippen molar-refractivity contribution in [3.63, 3.8) is 0 Å². The molecule has 3 rings (SSSR count). The number of thiophene rings is 1. The summed E-state index contributed by atoms with van der Waals surface area (Å²) < 4.78 is 1.00. The van der Waals surface area contributed by atoms with Crippen molar-refractivity contribution >= 4 is 61.2 Å². The zero-order valence-corrected chi connectivity index (χ0v) is 13.3. The molecule has 2 nitrogen and oxygen atoms in total. The zero-order valence-electron chi connectivity index (χ0n) is 10.2. The van der Waals surface area contributed by atoms with Crippen LogP contribution < -0.4 is 5.32 Å². The fraction of sp³-hybridized carbons (Fsp3) is 0. The third-order valence-corrected chi connectivity index (χ3v) is 4.97. The van der Waals surface area contributed by atoms with Crippen LogP contribution in [0.1, 0.15) is 9.67 Å². The van der Waals surface area contributed by atoms with Crippen molar-refractivity contribution in [3.8, 4) is 0 Å². The van der Waals surface area contributed by atoms with Gasteiger partial charge in [0.05, 0.1) is 5.02 Å². The van der Waals surface area contributed by atoms with Crippen molar-refractivity contribution < 1.29 is 4.79 Å². The van der Waals surface area contributed by atoms with Gasteiger partial charge in [0.2, 0.25) is 0 Å². The number of rotatable bonds is 2. The first-order chi connectivity index (χ1) is 9.66. The summed E-state index contributed by atoms with van der Waals surface area (Å²) in [5, 5.41) is 7.25. The van der Waals surface area contributed by atoms with Crippen LogP contribution in [0.4, 0.5) is 5.69 Å². The topological polar surface area (TPSA) is 29.1 Å². The molecule has 1 heterocycles. The minimum Gasteiger partial charge on any atom is -0.321 e. The highest BCUT2D eigenvalue weighted by Gasteiger charge is 2.13. The largest absolute Gasteiger partial charge is 0.321 e. The van der Waals surface area contributed by atoms with Gasteiger partial charge in [0, 0.05) is 15.5 Å². The van der Waals surface area contributed by atoms with Gasteiger partial charge in [0.15, 0.2) is 0 Å². The molecule has 3 aromatic rings. The van der Waals surface area contributed by atoms with Crippen molar-refractivity contribution in [1.29, 1.82) is 0 Å². The number of fused-ring (bicyclic) bond motifs is 1.